The Labute approximate surface area is 93.2 Å². The van der Waals surface area contributed by atoms with Crippen LogP contribution in [0.4, 0.5) is 0 Å². The molecule has 1 heterocycles. The Kier molecular flexibility index (Phi) is 3.33. The molecule has 2 aliphatic rings. The van der Waals surface area contributed by atoms with E-state index in [9.17, 15) is 0 Å². The zero-order valence-corrected chi connectivity index (χ0v) is 10.3. The van der Waals surface area contributed by atoms with E-state index >= 15 is 0 Å². The highest BCUT2D eigenvalue weighted by molar-refractivity contribution is 4.96. The number of rotatable bonds is 4. The molecule has 3 nitrogen and oxygen atoms in total. The molecule has 3 heteroatoms. The van der Waals surface area contributed by atoms with Gasteiger partial charge in [-0.15, -0.1) is 0 Å². The fraction of sp³-hybridized carbons (Fsp3) is 1.00. The van der Waals surface area contributed by atoms with Crippen LogP contribution in [-0.2, 0) is 4.74 Å². The summed E-state index contributed by atoms with van der Waals surface area (Å²) in [6.45, 7) is 11.0. The third kappa shape index (κ3) is 2.92. The van der Waals surface area contributed by atoms with Crippen molar-refractivity contribution in [1.29, 1.82) is 0 Å². The summed E-state index contributed by atoms with van der Waals surface area (Å²) in [7, 11) is 0. The second kappa shape index (κ2) is 4.40. The first-order valence-electron chi connectivity index (χ1n) is 6.23. The molecular weight excluding hydrogens is 188 g/mol. The van der Waals surface area contributed by atoms with Gasteiger partial charge in [0.25, 0.3) is 0 Å². The van der Waals surface area contributed by atoms with Gasteiger partial charge in [-0.3, -0.25) is 4.90 Å². The molecule has 1 aliphatic heterocycles. The first-order valence-corrected chi connectivity index (χ1v) is 6.23. The zero-order valence-electron chi connectivity index (χ0n) is 10.3. The summed E-state index contributed by atoms with van der Waals surface area (Å²) in [4.78, 5) is 2.48. The van der Waals surface area contributed by atoms with Crippen LogP contribution < -0.4 is 5.32 Å². The van der Waals surface area contributed by atoms with Crippen LogP contribution in [0.1, 0.15) is 33.6 Å². The number of morpholine rings is 1. The maximum atomic E-state index is 5.90. The van der Waals surface area contributed by atoms with Crippen LogP contribution in [0.5, 0.6) is 0 Å². The number of nitrogens with one attached hydrogen (secondary N) is 1. The number of likely N-dealkylation sites (N-methyl/N-ethyl adjacent to an activating group) is 1. The van der Waals surface area contributed by atoms with Gasteiger partial charge in [0.2, 0.25) is 0 Å². The fourth-order valence-electron chi connectivity index (χ4n) is 2.27. The molecule has 1 atom stereocenters. The molecule has 1 saturated heterocycles. The topological polar surface area (TPSA) is 24.5 Å². The number of ether oxygens (including phenoxy) is 1. The molecule has 2 fully saturated rings. The quantitative estimate of drug-likeness (QED) is 0.759. The zero-order chi connectivity index (χ0) is 10.9. The maximum absolute atomic E-state index is 5.90. The minimum Gasteiger partial charge on any atom is -0.374 e. The molecule has 88 valence electrons. The van der Waals surface area contributed by atoms with E-state index in [0.29, 0.717) is 6.10 Å². The van der Waals surface area contributed by atoms with E-state index in [-0.39, 0.29) is 5.54 Å². The second-order valence-electron chi connectivity index (χ2n) is 5.39. The molecule has 0 aromatic rings. The van der Waals surface area contributed by atoms with Gasteiger partial charge in [0.15, 0.2) is 0 Å². The Bertz CT molecular complexity index is 214. The lowest BCUT2D eigenvalue weighted by Gasteiger charge is -2.41. The summed E-state index contributed by atoms with van der Waals surface area (Å²) in [5.74, 6) is 0. The lowest BCUT2D eigenvalue weighted by molar-refractivity contribution is -0.0666. The average Bonchev–Trinajstić information content (AvgIpc) is 3.01. The van der Waals surface area contributed by atoms with Gasteiger partial charge in [-0.05, 0) is 33.2 Å². The van der Waals surface area contributed by atoms with E-state index in [1.54, 1.807) is 0 Å². The van der Waals surface area contributed by atoms with Crippen molar-refractivity contribution in [3.05, 3.63) is 0 Å². The minimum atomic E-state index is 0.120. The summed E-state index contributed by atoms with van der Waals surface area (Å²) in [5.41, 5.74) is 0.120. The standard InChI is InChI=1S/C12H24N2O/c1-4-14-7-8-15-11(9-14)12(2,3)13-10-5-6-10/h10-11,13H,4-9H2,1-3H3. The molecule has 0 aromatic carbocycles. The number of nitrogens with zero attached hydrogens (tertiary/aromatic N) is 1. The number of hydrogen-bond donors (Lipinski definition) is 1. The Morgan fingerprint density at radius 2 is 2.13 bits per heavy atom. The molecule has 1 saturated carbocycles. The summed E-state index contributed by atoms with van der Waals surface area (Å²) < 4.78 is 5.90. The maximum Gasteiger partial charge on any atom is 0.0878 e. The molecule has 0 aromatic heterocycles. The molecule has 0 bridgehead atoms. The van der Waals surface area contributed by atoms with Gasteiger partial charge in [-0.25, -0.2) is 0 Å². The summed E-state index contributed by atoms with van der Waals surface area (Å²) in [6, 6.07) is 0.751. The highest BCUT2D eigenvalue weighted by Gasteiger charge is 2.37. The highest BCUT2D eigenvalue weighted by atomic mass is 16.5. The lowest BCUT2D eigenvalue weighted by Crippen LogP contribution is -2.58. The number of hydrogen-bond acceptors (Lipinski definition) is 3. The van der Waals surface area contributed by atoms with Crippen molar-refractivity contribution in [3.63, 3.8) is 0 Å². The van der Waals surface area contributed by atoms with Gasteiger partial charge in [-0.1, -0.05) is 6.92 Å². The van der Waals surface area contributed by atoms with Gasteiger partial charge in [-0.2, -0.15) is 0 Å². The van der Waals surface area contributed by atoms with Crippen molar-refractivity contribution >= 4 is 0 Å². The van der Waals surface area contributed by atoms with E-state index in [0.717, 1.165) is 32.3 Å². The Morgan fingerprint density at radius 3 is 2.73 bits per heavy atom. The molecule has 2 rings (SSSR count). The summed E-state index contributed by atoms with van der Waals surface area (Å²) >= 11 is 0. The van der Waals surface area contributed by atoms with Crippen molar-refractivity contribution in [2.24, 2.45) is 0 Å². The first-order chi connectivity index (χ1) is 7.12. The van der Waals surface area contributed by atoms with E-state index < -0.39 is 0 Å². The molecule has 1 aliphatic carbocycles. The third-order valence-corrected chi connectivity index (χ3v) is 3.56. The Morgan fingerprint density at radius 1 is 1.40 bits per heavy atom. The monoisotopic (exact) mass is 212 g/mol. The van der Waals surface area contributed by atoms with E-state index in [1.807, 2.05) is 0 Å². The predicted octanol–water partition coefficient (Wildman–Crippen LogP) is 1.24. The van der Waals surface area contributed by atoms with E-state index in [1.165, 1.54) is 12.8 Å². The Balaban J connectivity index is 1.89. The van der Waals surface area contributed by atoms with Crippen LogP contribution in [-0.4, -0.2) is 48.8 Å². The molecule has 0 spiro atoms. The van der Waals surface area contributed by atoms with Gasteiger partial charge in [0, 0.05) is 24.7 Å². The van der Waals surface area contributed by atoms with Crippen LogP contribution in [0.15, 0.2) is 0 Å². The molecular formula is C12H24N2O. The van der Waals surface area contributed by atoms with Crippen LogP contribution >= 0.6 is 0 Å². The SMILES string of the molecule is CCN1CCOC(C(C)(C)NC2CC2)C1. The van der Waals surface area contributed by atoms with Crippen molar-refractivity contribution < 1.29 is 4.74 Å². The Hall–Kier alpha value is -0.120. The smallest absolute Gasteiger partial charge is 0.0878 e. The largest absolute Gasteiger partial charge is 0.374 e. The van der Waals surface area contributed by atoms with Crippen molar-refractivity contribution in [2.45, 2.75) is 51.3 Å². The first kappa shape index (κ1) is 11.4. The molecule has 0 radical (unpaired) electrons. The molecule has 15 heavy (non-hydrogen) atoms. The third-order valence-electron chi connectivity index (χ3n) is 3.56. The van der Waals surface area contributed by atoms with Crippen LogP contribution in [0.25, 0.3) is 0 Å². The molecule has 1 unspecified atom stereocenters. The van der Waals surface area contributed by atoms with E-state index in [4.69, 9.17) is 4.74 Å². The van der Waals surface area contributed by atoms with Crippen molar-refractivity contribution in [1.82, 2.24) is 10.2 Å². The van der Waals surface area contributed by atoms with Crippen LogP contribution in [0.3, 0.4) is 0 Å². The predicted molar refractivity (Wildman–Crippen MR) is 62.1 cm³/mol. The van der Waals surface area contributed by atoms with Crippen molar-refractivity contribution in [3.8, 4) is 0 Å². The van der Waals surface area contributed by atoms with Crippen LogP contribution in [0, 0.1) is 0 Å². The van der Waals surface area contributed by atoms with Gasteiger partial charge in [0.1, 0.15) is 0 Å². The summed E-state index contributed by atoms with van der Waals surface area (Å²) in [5, 5.41) is 3.69. The second-order valence-corrected chi connectivity index (χ2v) is 5.39. The molecule has 0 amide bonds. The summed E-state index contributed by atoms with van der Waals surface area (Å²) in [6.07, 6.45) is 3.02. The normalized spacial score (nSPS) is 29.4. The van der Waals surface area contributed by atoms with Gasteiger partial charge in [0.05, 0.1) is 12.7 Å². The van der Waals surface area contributed by atoms with Crippen LogP contribution in [0.2, 0.25) is 0 Å². The van der Waals surface area contributed by atoms with E-state index in [2.05, 4.69) is 31.0 Å². The average molecular weight is 212 g/mol. The van der Waals surface area contributed by atoms with Gasteiger partial charge >= 0.3 is 0 Å². The lowest BCUT2D eigenvalue weighted by atomic mass is 9.95. The van der Waals surface area contributed by atoms with Crippen molar-refractivity contribution in [2.75, 3.05) is 26.2 Å². The van der Waals surface area contributed by atoms with Gasteiger partial charge < -0.3 is 10.1 Å². The molecule has 1 N–H and O–H groups in total. The minimum absolute atomic E-state index is 0.120. The fourth-order valence-corrected chi connectivity index (χ4v) is 2.27. The highest BCUT2D eigenvalue weighted by Crippen LogP contribution is 2.26.